The van der Waals surface area contributed by atoms with Gasteiger partial charge in [-0.3, -0.25) is 14.5 Å². The zero-order valence-corrected chi connectivity index (χ0v) is 21.1. The minimum Gasteiger partial charge on any atom is -0.444 e. The molecule has 0 saturated heterocycles. The van der Waals surface area contributed by atoms with Crippen LogP contribution in [-0.2, 0) is 11.3 Å². The molecule has 0 fully saturated rings. The molecule has 8 nitrogen and oxygen atoms in total. The van der Waals surface area contributed by atoms with Crippen LogP contribution in [0.3, 0.4) is 0 Å². The number of nitrogens with one attached hydrogen (secondary N) is 1. The summed E-state index contributed by atoms with van der Waals surface area (Å²) in [6, 6.07) is 5.05. The number of likely N-dealkylation sites (N-methyl/N-ethyl adjacent to an activating group) is 1. The fourth-order valence-corrected chi connectivity index (χ4v) is 4.80. The van der Waals surface area contributed by atoms with Crippen LogP contribution in [0.5, 0.6) is 0 Å². The van der Waals surface area contributed by atoms with Gasteiger partial charge in [0.25, 0.3) is 11.5 Å². The Morgan fingerprint density at radius 1 is 1.08 bits per heavy atom. The van der Waals surface area contributed by atoms with E-state index in [4.69, 9.17) is 4.74 Å². The lowest BCUT2D eigenvalue weighted by Gasteiger charge is -2.39. The fourth-order valence-electron chi connectivity index (χ4n) is 4.80. The number of aromatic amines is 1. The highest BCUT2D eigenvalue weighted by Crippen LogP contribution is 2.36. The van der Waals surface area contributed by atoms with Crippen molar-refractivity contribution in [1.82, 2.24) is 19.2 Å². The summed E-state index contributed by atoms with van der Waals surface area (Å²) >= 11 is 0. The van der Waals surface area contributed by atoms with Crippen LogP contribution in [0, 0.1) is 17.5 Å². The number of halogens is 3. The van der Waals surface area contributed by atoms with Crippen LogP contribution >= 0.6 is 0 Å². The third-order valence-electron chi connectivity index (χ3n) is 6.53. The average Bonchev–Trinajstić information content (AvgIpc) is 3.28. The minimum absolute atomic E-state index is 0.0496. The van der Waals surface area contributed by atoms with Gasteiger partial charge in [-0.15, -0.1) is 0 Å². The molecular weight excluding hydrogens is 501 g/mol. The van der Waals surface area contributed by atoms with Crippen molar-refractivity contribution < 1.29 is 27.5 Å². The summed E-state index contributed by atoms with van der Waals surface area (Å²) in [5.41, 5.74) is -0.434. The molecule has 0 radical (unpaired) electrons. The predicted octanol–water partition coefficient (Wildman–Crippen LogP) is 4.76. The van der Waals surface area contributed by atoms with E-state index in [0.717, 1.165) is 12.1 Å². The Morgan fingerprint density at radius 2 is 1.76 bits per heavy atom. The number of nitrogens with zero attached hydrogens (tertiary/aromatic N) is 3. The topological polar surface area (TPSA) is 87.1 Å². The molecule has 4 heterocycles. The van der Waals surface area contributed by atoms with Gasteiger partial charge in [0.05, 0.1) is 29.1 Å². The first-order chi connectivity index (χ1) is 17.8. The average molecular weight is 527 g/mol. The number of amides is 2. The maximum Gasteiger partial charge on any atom is 0.410 e. The maximum absolute atomic E-state index is 14.4. The number of carbonyl (C=O) groups is 2. The van der Waals surface area contributed by atoms with E-state index in [1.165, 1.54) is 45.6 Å². The van der Waals surface area contributed by atoms with Crippen LogP contribution in [0.2, 0.25) is 0 Å². The van der Waals surface area contributed by atoms with Crippen molar-refractivity contribution in [3.8, 4) is 0 Å². The van der Waals surface area contributed by atoms with Crippen LogP contribution < -0.4 is 5.56 Å². The number of hydrogen-bond acceptors (Lipinski definition) is 4. The number of pyridine rings is 2. The predicted molar refractivity (Wildman–Crippen MR) is 133 cm³/mol. The van der Waals surface area contributed by atoms with Gasteiger partial charge in [-0.25, -0.2) is 18.0 Å². The van der Waals surface area contributed by atoms with Gasteiger partial charge in [0.1, 0.15) is 11.4 Å². The Bertz CT molecular complexity index is 1670. The smallest absolute Gasteiger partial charge is 0.410 e. The molecule has 0 bridgehead atoms. The van der Waals surface area contributed by atoms with E-state index in [0.29, 0.717) is 5.56 Å². The Hall–Kier alpha value is -4.28. The molecule has 5 rings (SSSR count). The lowest BCUT2D eigenvalue weighted by atomic mass is 9.92. The molecule has 1 N–H and O–H groups in total. The van der Waals surface area contributed by atoms with Crippen molar-refractivity contribution in [2.24, 2.45) is 0 Å². The second kappa shape index (κ2) is 8.93. The molecule has 11 heteroatoms. The first kappa shape index (κ1) is 25.4. The molecule has 2 amide bonds. The van der Waals surface area contributed by atoms with Crippen LogP contribution in [0.25, 0.3) is 16.3 Å². The molecule has 1 aliphatic rings. The monoisotopic (exact) mass is 526 g/mol. The van der Waals surface area contributed by atoms with Gasteiger partial charge in [-0.2, -0.15) is 0 Å². The maximum atomic E-state index is 14.4. The highest BCUT2D eigenvalue weighted by molar-refractivity contribution is 5.96. The summed E-state index contributed by atoms with van der Waals surface area (Å²) < 4.78 is 49.6. The number of hydrogen-bond donors (Lipinski definition) is 1. The molecule has 0 aliphatic carbocycles. The Kier molecular flexibility index (Phi) is 5.96. The number of H-pyrrole nitrogens is 1. The van der Waals surface area contributed by atoms with Crippen molar-refractivity contribution in [2.75, 3.05) is 13.6 Å². The SMILES string of the molecule is CN(C(=O)c1cc2c(F)cccn2c1)C1CN(C(=O)OC(C)(C)C)Cc2[nH]c(=O)c3cc(F)c(F)cc3c21. The summed E-state index contributed by atoms with van der Waals surface area (Å²) in [7, 11) is 1.49. The van der Waals surface area contributed by atoms with Crippen molar-refractivity contribution >= 4 is 28.3 Å². The number of benzene rings is 1. The highest BCUT2D eigenvalue weighted by atomic mass is 19.2. The molecule has 1 aromatic carbocycles. The number of aromatic nitrogens is 2. The molecule has 38 heavy (non-hydrogen) atoms. The first-order valence-electron chi connectivity index (χ1n) is 11.9. The summed E-state index contributed by atoms with van der Waals surface area (Å²) in [5.74, 6) is -3.34. The van der Waals surface area contributed by atoms with Gasteiger partial charge >= 0.3 is 6.09 Å². The standard InChI is InChI=1S/C27H25F3N4O4/c1-27(2,3)38-26(37)34-12-20-23(15-9-18(29)19(30)10-16(15)24(35)31-20)22(13-34)32(4)25(36)14-8-21-17(28)6-5-7-33(21)11-14/h5-11,22H,12-13H2,1-4H3,(H,31,35). The molecule has 1 aliphatic heterocycles. The number of fused-ring (bicyclic) bond motifs is 4. The van der Waals surface area contributed by atoms with Gasteiger partial charge in [-0.05, 0) is 56.5 Å². The van der Waals surface area contributed by atoms with Crippen molar-refractivity contribution in [3.05, 3.63) is 87.4 Å². The zero-order valence-electron chi connectivity index (χ0n) is 21.1. The molecule has 4 aromatic rings. The molecule has 198 valence electrons. The third-order valence-corrected chi connectivity index (χ3v) is 6.53. The molecule has 1 atom stereocenters. The van der Waals surface area contributed by atoms with Crippen molar-refractivity contribution in [3.63, 3.8) is 0 Å². The van der Waals surface area contributed by atoms with E-state index >= 15 is 0 Å². The fraction of sp³-hybridized carbons (Fsp3) is 0.296. The Morgan fingerprint density at radius 3 is 2.42 bits per heavy atom. The Labute approximate surface area is 215 Å². The van der Waals surface area contributed by atoms with Gasteiger partial charge in [0.2, 0.25) is 0 Å². The largest absolute Gasteiger partial charge is 0.444 e. The number of rotatable bonds is 2. The van der Waals surface area contributed by atoms with Crippen LogP contribution in [0.15, 0.2) is 47.5 Å². The lowest BCUT2D eigenvalue weighted by Crippen LogP contribution is -2.47. The third kappa shape index (κ3) is 4.37. The lowest BCUT2D eigenvalue weighted by molar-refractivity contribution is 0.0142. The quantitative estimate of drug-likeness (QED) is 0.408. The second-order valence-electron chi connectivity index (χ2n) is 10.3. The molecule has 1 unspecified atom stereocenters. The summed E-state index contributed by atoms with van der Waals surface area (Å²) in [4.78, 5) is 44.7. The van der Waals surface area contributed by atoms with Gasteiger partial charge < -0.3 is 19.0 Å². The summed E-state index contributed by atoms with van der Waals surface area (Å²) in [5, 5.41) is 0.0418. The zero-order chi connectivity index (χ0) is 27.5. The highest BCUT2D eigenvalue weighted by Gasteiger charge is 2.37. The van der Waals surface area contributed by atoms with E-state index in [-0.39, 0.29) is 40.6 Å². The minimum atomic E-state index is -1.18. The van der Waals surface area contributed by atoms with Crippen LogP contribution in [-0.4, -0.2) is 50.4 Å². The van der Waals surface area contributed by atoms with E-state index in [9.17, 15) is 27.6 Å². The van der Waals surface area contributed by atoms with Crippen LogP contribution in [0.1, 0.15) is 48.4 Å². The van der Waals surface area contributed by atoms with E-state index in [1.807, 2.05) is 0 Å². The summed E-state index contributed by atoms with van der Waals surface area (Å²) in [6.07, 6.45) is 2.41. The van der Waals surface area contributed by atoms with Crippen molar-refractivity contribution in [2.45, 2.75) is 39.0 Å². The first-order valence-corrected chi connectivity index (χ1v) is 11.9. The molecule has 0 spiro atoms. The van der Waals surface area contributed by atoms with Gasteiger partial charge in [0.15, 0.2) is 11.6 Å². The van der Waals surface area contributed by atoms with Crippen molar-refractivity contribution in [1.29, 1.82) is 0 Å². The summed E-state index contributed by atoms with van der Waals surface area (Å²) in [6.45, 7) is 5.00. The molecular formula is C27H25F3N4O4. The Balaban J connectivity index is 1.64. The second-order valence-corrected chi connectivity index (χ2v) is 10.3. The normalized spacial score (nSPS) is 15.6. The van der Waals surface area contributed by atoms with E-state index < -0.39 is 46.7 Å². The van der Waals surface area contributed by atoms with Gasteiger partial charge in [0, 0.05) is 37.2 Å². The molecule has 3 aromatic heterocycles. The van der Waals surface area contributed by atoms with E-state index in [1.54, 1.807) is 27.0 Å². The van der Waals surface area contributed by atoms with Crippen LogP contribution in [0.4, 0.5) is 18.0 Å². The van der Waals surface area contributed by atoms with Gasteiger partial charge in [-0.1, -0.05) is 0 Å². The number of carbonyl (C=O) groups excluding carboxylic acids is 2. The molecule has 0 saturated carbocycles. The number of ether oxygens (including phenoxy) is 1. The van der Waals surface area contributed by atoms with E-state index in [2.05, 4.69) is 4.98 Å².